The molecule has 0 aromatic heterocycles. The van der Waals surface area contributed by atoms with Gasteiger partial charge in [0.15, 0.2) is 0 Å². The lowest BCUT2D eigenvalue weighted by Gasteiger charge is -2.38. The second-order valence-corrected chi connectivity index (χ2v) is 4.76. The lowest BCUT2D eigenvalue weighted by atomic mass is 10.0. The van der Waals surface area contributed by atoms with Gasteiger partial charge in [-0.3, -0.25) is 5.41 Å². The van der Waals surface area contributed by atoms with Crippen LogP contribution in [0.15, 0.2) is 18.2 Å². The van der Waals surface area contributed by atoms with Gasteiger partial charge in [0.05, 0.1) is 19.3 Å². The summed E-state index contributed by atoms with van der Waals surface area (Å²) in [6.07, 6.45) is 1.03. The molecular weight excluding hydrogens is 226 g/mol. The molecular formula is C14H21N3O. The van der Waals surface area contributed by atoms with E-state index < -0.39 is 0 Å². The van der Waals surface area contributed by atoms with Crippen LogP contribution in [0.1, 0.15) is 24.5 Å². The molecule has 1 aliphatic rings. The van der Waals surface area contributed by atoms with E-state index in [0.29, 0.717) is 6.04 Å². The maximum absolute atomic E-state index is 7.73. The molecule has 1 heterocycles. The van der Waals surface area contributed by atoms with Gasteiger partial charge in [-0.2, -0.15) is 0 Å². The molecule has 1 saturated heterocycles. The van der Waals surface area contributed by atoms with Crippen LogP contribution in [0.3, 0.4) is 0 Å². The van der Waals surface area contributed by atoms with Gasteiger partial charge < -0.3 is 15.4 Å². The smallest absolute Gasteiger partial charge is 0.124 e. The van der Waals surface area contributed by atoms with E-state index in [9.17, 15) is 0 Å². The van der Waals surface area contributed by atoms with E-state index in [1.165, 1.54) is 0 Å². The molecule has 1 atom stereocenters. The van der Waals surface area contributed by atoms with Gasteiger partial charge in [-0.05, 0) is 25.5 Å². The zero-order chi connectivity index (χ0) is 13.1. The van der Waals surface area contributed by atoms with Gasteiger partial charge in [0.1, 0.15) is 5.84 Å². The van der Waals surface area contributed by atoms with Crippen LogP contribution in [0.25, 0.3) is 0 Å². The summed E-state index contributed by atoms with van der Waals surface area (Å²) in [5.74, 6) is 0.134. The zero-order valence-electron chi connectivity index (χ0n) is 11.1. The summed E-state index contributed by atoms with van der Waals surface area (Å²) < 4.78 is 5.52. The third-order valence-corrected chi connectivity index (χ3v) is 3.45. The number of nitrogens with two attached hydrogens (primary N) is 1. The Morgan fingerprint density at radius 1 is 1.56 bits per heavy atom. The summed E-state index contributed by atoms with van der Waals surface area (Å²) in [6.45, 7) is 6.53. The maximum atomic E-state index is 7.73. The van der Waals surface area contributed by atoms with Gasteiger partial charge >= 0.3 is 0 Å². The minimum Gasteiger partial charge on any atom is -0.384 e. The van der Waals surface area contributed by atoms with Gasteiger partial charge in [-0.1, -0.05) is 18.6 Å². The highest BCUT2D eigenvalue weighted by molar-refractivity contribution is 6.00. The van der Waals surface area contributed by atoms with Crippen LogP contribution in [0.2, 0.25) is 0 Å². The predicted octanol–water partition coefficient (Wildman–Crippen LogP) is 1.89. The number of hydrogen-bond acceptors (Lipinski definition) is 3. The molecule has 0 aliphatic carbocycles. The Morgan fingerprint density at radius 2 is 2.33 bits per heavy atom. The van der Waals surface area contributed by atoms with Crippen molar-refractivity contribution in [3.63, 3.8) is 0 Å². The Hall–Kier alpha value is -1.55. The van der Waals surface area contributed by atoms with Gasteiger partial charge in [0, 0.05) is 17.8 Å². The molecule has 0 amide bonds. The first-order chi connectivity index (χ1) is 8.63. The Labute approximate surface area is 108 Å². The molecule has 1 unspecified atom stereocenters. The summed E-state index contributed by atoms with van der Waals surface area (Å²) >= 11 is 0. The van der Waals surface area contributed by atoms with Crippen LogP contribution < -0.4 is 10.6 Å². The van der Waals surface area contributed by atoms with Crippen LogP contribution in [0.4, 0.5) is 5.69 Å². The molecule has 1 aliphatic heterocycles. The predicted molar refractivity (Wildman–Crippen MR) is 74.4 cm³/mol. The fourth-order valence-electron chi connectivity index (χ4n) is 2.43. The van der Waals surface area contributed by atoms with Crippen LogP contribution in [0, 0.1) is 12.3 Å². The van der Waals surface area contributed by atoms with Crippen LogP contribution >= 0.6 is 0 Å². The number of aryl methyl sites for hydroxylation is 1. The number of nitrogen functional groups attached to an aromatic ring is 1. The zero-order valence-corrected chi connectivity index (χ0v) is 11.1. The van der Waals surface area contributed by atoms with Crippen LogP contribution in [-0.2, 0) is 4.74 Å². The molecule has 3 N–H and O–H groups in total. The summed E-state index contributed by atoms with van der Waals surface area (Å²) in [7, 11) is 0. The largest absolute Gasteiger partial charge is 0.384 e. The lowest BCUT2D eigenvalue weighted by molar-refractivity contribution is 0.0930. The molecule has 0 spiro atoms. The first-order valence-corrected chi connectivity index (χ1v) is 6.43. The standard InChI is InChI=1S/C14H21N3O/c1-3-11-9-18-7-6-17(11)13-5-4-10(2)8-12(13)14(15)16/h4-5,8,11H,3,6-7,9H2,1-2H3,(H3,15,16). The Morgan fingerprint density at radius 3 is 3.00 bits per heavy atom. The van der Waals surface area contributed by atoms with E-state index in [0.717, 1.165) is 43.0 Å². The molecule has 0 radical (unpaired) electrons. The van der Waals surface area contributed by atoms with E-state index in [1.54, 1.807) is 0 Å². The van der Waals surface area contributed by atoms with E-state index in [-0.39, 0.29) is 5.84 Å². The maximum Gasteiger partial charge on any atom is 0.124 e. The molecule has 0 saturated carbocycles. The number of ether oxygens (including phenoxy) is 1. The molecule has 2 rings (SSSR count). The third kappa shape index (κ3) is 2.48. The number of hydrogen-bond donors (Lipinski definition) is 2. The fraction of sp³-hybridized carbons (Fsp3) is 0.500. The van der Waals surface area contributed by atoms with Crippen LogP contribution in [-0.4, -0.2) is 31.6 Å². The van der Waals surface area contributed by atoms with Crippen molar-refractivity contribution in [1.29, 1.82) is 5.41 Å². The summed E-state index contributed by atoms with van der Waals surface area (Å²) in [6, 6.07) is 6.50. The molecule has 0 bridgehead atoms. The first-order valence-electron chi connectivity index (χ1n) is 6.43. The lowest BCUT2D eigenvalue weighted by Crippen LogP contribution is -2.46. The van der Waals surface area contributed by atoms with Gasteiger partial charge in [0.25, 0.3) is 0 Å². The topological polar surface area (TPSA) is 62.3 Å². The number of anilines is 1. The van der Waals surface area contributed by atoms with Crippen molar-refractivity contribution < 1.29 is 4.74 Å². The molecule has 4 nitrogen and oxygen atoms in total. The molecule has 4 heteroatoms. The third-order valence-electron chi connectivity index (χ3n) is 3.45. The molecule has 18 heavy (non-hydrogen) atoms. The number of nitrogens with zero attached hydrogens (tertiary/aromatic N) is 1. The fourth-order valence-corrected chi connectivity index (χ4v) is 2.43. The average molecular weight is 247 g/mol. The summed E-state index contributed by atoms with van der Waals surface area (Å²) in [4.78, 5) is 2.32. The molecule has 1 aromatic carbocycles. The van der Waals surface area contributed by atoms with Crippen molar-refractivity contribution in [3.05, 3.63) is 29.3 Å². The quantitative estimate of drug-likeness (QED) is 0.633. The Kier molecular flexibility index (Phi) is 3.87. The van der Waals surface area contributed by atoms with E-state index in [4.69, 9.17) is 15.9 Å². The number of nitrogens with one attached hydrogen (secondary N) is 1. The molecule has 1 aromatic rings. The van der Waals surface area contributed by atoms with Crippen LogP contribution in [0.5, 0.6) is 0 Å². The number of rotatable bonds is 3. The van der Waals surface area contributed by atoms with Crippen molar-refractivity contribution in [3.8, 4) is 0 Å². The SMILES string of the molecule is CCC1COCCN1c1ccc(C)cc1C(=N)N. The van der Waals surface area contributed by atoms with Gasteiger partial charge in [0.2, 0.25) is 0 Å². The Bertz CT molecular complexity index is 445. The highest BCUT2D eigenvalue weighted by Gasteiger charge is 2.24. The van der Waals surface area contributed by atoms with Crippen molar-refractivity contribution in [1.82, 2.24) is 0 Å². The number of benzene rings is 1. The minimum absolute atomic E-state index is 0.134. The van der Waals surface area contributed by atoms with E-state index in [1.807, 2.05) is 13.0 Å². The second kappa shape index (κ2) is 5.40. The highest BCUT2D eigenvalue weighted by Crippen LogP contribution is 2.26. The molecule has 98 valence electrons. The summed E-state index contributed by atoms with van der Waals surface area (Å²) in [5.41, 5.74) is 8.72. The number of morpholine rings is 1. The summed E-state index contributed by atoms with van der Waals surface area (Å²) in [5, 5.41) is 7.73. The first kappa shape index (κ1) is 12.9. The van der Waals surface area contributed by atoms with Crippen molar-refractivity contribution in [2.75, 3.05) is 24.7 Å². The normalized spacial score (nSPS) is 19.9. The van der Waals surface area contributed by atoms with Crippen molar-refractivity contribution in [2.24, 2.45) is 5.73 Å². The second-order valence-electron chi connectivity index (χ2n) is 4.76. The average Bonchev–Trinajstić information content (AvgIpc) is 2.38. The highest BCUT2D eigenvalue weighted by atomic mass is 16.5. The van der Waals surface area contributed by atoms with E-state index in [2.05, 4.69) is 24.0 Å². The van der Waals surface area contributed by atoms with Crippen molar-refractivity contribution >= 4 is 11.5 Å². The number of amidine groups is 1. The minimum atomic E-state index is 0.134. The Balaban J connectivity index is 2.39. The van der Waals surface area contributed by atoms with E-state index >= 15 is 0 Å². The molecule has 1 fully saturated rings. The monoisotopic (exact) mass is 247 g/mol. The van der Waals surface area contributed by atoms with Gasteiger partial charge in [-0.15, -0.1) is 0 Å². The van der Waals surface area contributed by atoms with Crippen molar-refractivity contribution in [2.45, 2.75) is 26.3 Å². The van der Waals surface area contributed by atoms with Gasteiger partial charge in [-0.25, -0.2) is 0 Å².